The first-order chi connectivity index (χ1) is 12.2. The summed E-state index contributed by atoms with van der Waals surface area (Å²) < 4.78 is 5.99. The zero-order valence-corrected chi connectivity index (χ0v) is 14.8. The van der Waals surface area contributed by atoms with Crippen LogP contribution in [0.3, 0.4) is 0 Å². The van der Waals surface area contributed by atoms with Gasteiger partial charge >= 0.3 is 0 Å². The summed E-state index contributed by atoms with van der Waals surface area (Å²) in [6, 6.07) is 14.7. The number of halogens is 1. The van der Waals surface area contributed by atoms with Gasteiger partial charge in [0.05, 0.1) is 17.8 Å². The summed E-state index contributed by atoms with van der Waals surface area (Å²) in [5.74, 6) is 0.894. The van der Waals surface area contributed by atoms with Crippen molar-refractivity contribution in [2.24, 2.45) is 5.10 Å². The third-order valence-electron chi connectivity index (χ3n) is 3.30. The average molecular weight is 400 g/mol. The van der Waals surface area contributed by atoms with Crippen LogP contribution in [0.15, 0.2) is 62.9 Å². The molecule has 0 unspecified atom stereocenters. The molecule has 0 spiro atoms. The van der Waals surface area contributed by atoms with E-state index < -0.39 is 0 Å². The van der Waals surface area contributed by atoms with E-state index >= 15 is 0 Å². The number of hydrazone groups is 1. The predicted molar refractivity (Wildman–Crippen MR) is 100.0 cm³/mol. The summed E-state index contributed by atoms with van der Waals surface area (Å²) in [6.45, 7) is 0. The Morgan fingerprint density at radius 1 is 1.20 bits per heavy atom. The molecule has 7 nitrogen and oxygen atoms in total. The fraction of sp³-hybridized carbons (Fsp3) is 0.0588. The lowest BCUT2D eigenvalue weighted by Crippen LogP contribution is -2.15. The van der Waals surface area contributed by atoms with Gasteiger partial charge in [-0.15, -0.1) is 10.2 Å². The maximum Gasteiger partial charge on any atom is 0.279 e. The van der Waals surface area contributed by atoms with Crippen LogP contribution in [0.1, 0.15) is 5.56 Å². The Morgan fingerprint density at radius 3 is 2.68 bits per heavy atom. The van der Waals surface area contributed by atoms with Gasteiger partial charge in [0.15, 0.2) is 5.69 Å². The number of methoxy groups -OCH3 is 1. The van der Waals surface area contributed by atoms with E-state index in [9.17, 15) is 4.79 Å². The van der Waals surface area contributed by atoms with Crippen LogP contribution in [-0.2, 0) is 0 Å². The van der Waals surface area contributed by atoms with Gasteiger partial charge in [-0.25, -0.2) is 5.43 Å². The molecule has 0 fully saturated rings. The number of benzene rings is 2. The molecule has 2 N–H and O–H groups in total. The number of hydrogen-bond acceptors (Lipinski definition) is 6. The highest BCUT2D eigenvalue weighted by Gasteiger charge is 2.06. The molecule has 0 aliphatic heterocycles. The van der Waals surface area contributed by atoms with E-state index in [2.05, 4.69) is 41.6 Å². The van der Waals surface area contributed by atoms with Crippen molar-refractivity contribution in [1.82, 2.24) is 15.2 Å². The molecule has 3 rings (SSSR count). The van der Waals surface area contributed by atoms with Gasteiger partial charge in [0.25, 0.3) is 5.56 Å². The first-order valence-electron chi connectivity index (χ1n) is 7.32. The van der Waals surface area contributed by atoms with E-state index in [4.69, 9.17) is 4.74 Å². The van der Waals surface area contributed by atoms with Gasteiger partial charge in [0.2, 0.25) is 5.95 Å². The number of rotatable bonds is 5. The molecule has 8 heteroatoms. The number of hydrogen-bond donors (Lipinski definition) is 2. The van der Waals surface area contributed by atoms with Crippen LogP contribution in [0, 0.1) is 0 Å². The predicted octanol–water partition coefficient (Wildman–Crippen LogP) is 3.05. The van der Waals surface area contributed by atoms with Gasteiger partial charge in [-0.05, 0) is 39.7 Å². The van der Waals surface area contributed by atoms with E-state index in [1.807, 2.05) is 36.4 Å². The van der Waals surface area contributed by atoms with Gasteiger partial charge in [-0.3, -0.25) is 9.78 Å². The fourth-order valence-corrected chi connectivity index (χ4v) is 2.66. The minimum Gasteiger partial charge on any atom is -0.496 e. The lowest BCUT2D eigenvalue weighted by atomic mass is 10.2. The summed E-state index contributed by atoms with van der Waals surface area (Å²) in [7, 11) is 1.60. The Kier molecular flexibility index (Phi) is 5.20. The lowest BCUT2D eigenvalue weighted by molar-refractivity contribution is 0.412. The van der Waals surface area contributed by atoms with Crippen molar-refractivity contribution >= 4 is 28.1 Å². The van der Waals surface area contributed by atoms with Crippen molar-refractivity contribution in [2.45, 2.75) is 0 Å². The monoisotopic (exact) mass is 399 g/mol. The van der Waals surface area contributed by atoms with Crippen LogP contribution in [0.4, 0.5) is 5.95 Å². The molecule has 0 radical (unpaired) electrons. The van der Waals surface area contributed by atoms with Crippen LogP contribution in [-0.4, -0.2) is 28.5 Å². The molecule has 1 heterocycles. The highest BCUT2D eigenvalue weighted by atomic mass is 79.9. The highest BCUT2D eigenvalue weighted by molar-refractivity contribution is 9.10. The highest BCUT2D eigenvalue weighted by Crippen LogP contribution is 2.24. The van der Waals surface area contributed by atoms with E-state index in [0.717, 1.165) is 15.8 Å². The van der Waals surface area contributed by atoms with Crippen molar-refractivity contribution in [3.63, 3.8) is 0 Å². The molecule has 2 aromatic carbocycles. The van der Waals surface area contributed by atoms with Crippen LogP contribution in [0.5, 0.6) is 5.75 Å². The first kappa shape index (κ1) is 16.8. The van der Waals surface area contributed by atoms with Crippen LogP contribution >= 0.6 is 15.9 Å². The molecular weight excluding hydrogens is 386 g/mol. The summed E-state index contributed by atoms with van der Waals surface area (Å²) in [4.78, 5) is 14.7. The Balaban J connectivity index is 1.72. The average Bonchev–Trinajstić information content (AvgIpc) is 2.63. The molecule has 1 aromatic heterocycles. The number of aromatic amines is 1. The van der Waals surface area contributed by atoms with E-state index in [1.165, 1.54) is 0 Å². The van der Waals surface area contributed by atoms with Crippen LogP contribution in [0.2, 0.25) is 0 Å². The number of anilines is 1. The quantitative estimate of drug-likeness (QED) is 0.507. The molecule has 0 aliphatic rings. The molecule has 0 atom stereocenters. The number of ether oxygens (including phenoxy) is 1. The second-order valence-electron chi connectivity index (χ2n) is 4.98. The Labute approximate surface area is 151 Å². The van der Waals surface area contributed by atoms with E-state index in [0.29, 0.717) is 5.56 Å². The second kappa shape index (κ2) is 7.71. The van der Waals surface area contributed by atoms with Crippen LogP contribution in [0.25, 0.3) is 11.3 Å². The molecule has 0 amide bonds. The maximum absolute atomic E-state index is 12.1. The van der Waals surface area contributed by atoms with Gasteiger partial charge < -0.3 is 4.74 Å². The molecule has 0 saturated heterocycles. The summed E-state index contributed by atoms with van der Waals surface area (Å²) >= 11 is 3.41. The zero-order chi connectivity index (χ0) is 17.6. The molecule has 0 bridgehead atoms. The van der Waals surface area contributed by atoms with E-state index in [-0.39, 0.29) is 17.2 Å². The van der Waals surface area contributed by atoms with Crippen molar-refractivity contribution in [2.75, 3.05) is 12.5 Å². The zero-order valence-electron chi connectivity index (χ0n) is 13.2. The van der Waals surface area contributed by atoms with E-state index in [1.54, 1.807) is 25.5 Å². The molecular formula is C17H14BrN5O2. The molecule has 25 heavy (non-hydrogen) atoms. The first-order valence-corrected chi connectivity index (χ1v) is 8.11. The Bertz CT molecular complexity index is 957. The van der Waals surface area contributed by atoms with Crippen molar-refractivity contribution in [1.29, 1.82) is 0 Å². The summed E-state index contributed by atoms with van der Waals surface area (Å²) in [5, 5.41) is 11.9. The van der Waals surface area contributed by atoms with Crippen molar-refractivity contribution < 1.29 is 4.74 Å². The SMILES string of the molecule is COc1ccc(/C=N/Nc2nnc(-c3ccccc3)c(=O)[nH]2)cc1Br. The second-order valence-corrected chi connectivity index (χ2v) is 5.84. The summed E-state index contributed by atoms with van der Waals surface area (Å²) in [5.41, 5.74) is 4.12. The van der Waals surface area contributed by atoms with Crippen molar-refractivity contribution in [3.8, 4) is 17.0 Å². The Morgan fingerprint density at radius 2 is 2.00 bits per heavy atom. The fourth-order valence-electron chi connectivity index (χ4n) is 2.10. The lowest BCUT2D eigenvalue weighted by Gasteiger charge is -2.03. The number of H-pyrrole nitrogens is 1. The Hall–Kier alpha value is -3.00. The number of aromatic nitrogens is 3. The standard InChI is InChI=1S/C17H14BrN5O2/c1-25-14-8-7-11(9-13(14)18)10-19-22-17-20-16(24)15(21-23-17)12-5-3-2-4-6-12/h2-10H,1H3,(H2,20,22,23,24)/b19-10+. The smallest absolute Gasteiger partial charge is 0.279 e. The minimum atomic E-state index is -0.342. The van der Waals surface area contributed by atoms with Gasteiger partial charge in [-0.1, -0.05) is 30.3 Å². The minimum absolute atomic E-state index is 0.161. The summed E-state index contributed by atoms with van der Waals surface area (Å²) in [6.07, 6.45) is 1.59. The van der Waals surface area contributed by atoms with Gasteiger partial charge in [0, 0.05) is 5.56 Å². The third-order valence-corrected chi connectivity index (χ3v) is 3.92. The molecule has 3 aromatic rings. The van der Waals surface area contributed by atoms with Gasteiger partial charge in [0.1, 0.15) is 5.75 Å². The normalized spacial score (nSPS) is 10.8. The molecule has 0 saturated carbocycles. The largest absolute Gasteiger partial charge is 0.496 e. The molecule has 0 aliphatic carbocycles. The maximum atomic E-state index is 12.1. The number of nitrogens with zero attached hydrogens (tertiary/aromatic N) is 3. The number of nitrogens with one attached hydrogen (secondary N) is 2. The van der Waals surface area contributed by atoms with Crippen molar-refractivity contribution in [3.05, 3.63) is 68.9 Å². The van der Waals surface area contributed by atoms with Gasteiger partial charge in [-0.2, -0.15) is 5.10 Å². The topological polar surface area (TPSA) is 92.3 Å². The third kappa shape index (κ3) is 4.10. The van der Waals surface area contributed by atoms with Crippen LogP contribution < -0.4 is 15.7 Å². The molecule has 126 valence electrons.